The second-order valence-electron chi connectivity index (χ2n) is 5.35. The van der Waals surface area contributed by atoms with E-state index in [1.54, 1.807) is 12.1 Å². The van der Waals surface area contributed by atoms with Crippen LogP contribution in [0.15, 0.2) is 40.1 Å². The topological polar surface area (TPSA) is 80.7 Å². The van der Waals surface area contributed by atoms with Crippen molar-refractivity contribution < 1.29 is 23.1 Å². The lowest BCUT2D eigenvalue weighted by molar-refractivity contribution is 0.0596. The zero-order valence-electron chi connectivity index (χ0n) is 13.4. The predicted octanol–water partition coefficient (Wildman–Crippen LogP) is 2.94. The number of aryl methyl sites for hydroxylation is 2. The maximum absolute atomic E-state index is 12.9. The Kier molecular flexibility index (Phi) is 4.47. The van der Waals surface area contributed by atoms with Gasteiger partial charge in [-0.1, -0.05) is 17.7 Å². The number of carbonyl (C=O) groups is 1. The number of hydrogen-bond donors (Lipinski definition) is 1. The minimum atomic E-state index is -3.81. The summed E-state index contributed by atoms with van der Waals surface area (Å²) in [6.07, 6.45) is 0. The first kappa shape index (κ1) is 17.0. The van der Waals surface area contributed by atoms with Crippen molar-refractivity contribution in [2.75, 3.05) is 7.11 Å². The molecule has 0 saturated heterocycles. The van der Waals surface area contributed by atoms with E-state index >= 15 is 0 Å². The molecule has 0 spiro atoms. The lowest BCUT2D eigenvalue weighted by Crippen LogP contribution is -2.11. The van der Waals surface area contributed by atoms with E-state index in [0.29, 0.717) is 5.56 Å². The highest BCUT2D eigenvalue weighted by molar-refractivity contribution is 7.91. The molecule has 2 aromatic rings. The number of rotatable bonds is 3. The van der Waals surface area contributed by atoms with Crippen LogP contribution in [0.5, 0.6) is 5.75 Å². The summed E-state index contributed by atoms with van der Waals surface area (Å²) in [7, 11) is -2.63. The van der Waals surface area contributed by atoms with Gasteiger partial charge in [0.15, 0.2) is 0 Å². The Balaban J connectivity index is 2.75. The van der Waals surface area contributed by atoms with Crippen molar-refractivity contribution in [2.24, 2.45) is 0 Å². The van der Waals surface area contributed by atoms with Crippen LogP contribution >= 0.6 is 0 Å². The number of phenols is 1. The molecule has 23 heavy (non-hydrogen) atoms. The maximum atomic E-state index is 12.9. The molecule has 0 aliphatic carbocycles. The van der Waals surface area contributed by atoms with E-state index in [1.165, 1.54) is 39.2 Å². The molecule has 0 atom stereocenters. The smallest absolute Gasteiger partial charge is 0.341 e. The fraction of sp³-hybridized carbons (Fsp3) is 0.235. The fourth-order valence-electron chi connectivity index (χ4n) is 2.35. The van der Waals surface area contributed by atoms with Crippen LogP contribution in [0.2, 0.25) is 0 Å². The van der Waals surface area contributed by atoms with Gasteiger partial charge in [-0.25, -0.2) is 13.2 Å². The van der Waals surface area contributed by atoms with Gasteiger partial charge in [-0.3, -0.25) is 0 Å². The number of hydrogen-bond acceptors (Lipinski definition) is 5. The van der Waals surface area contributed by atoms with E-state index in [9.17, 15) is 18.3 Å². The minimum absolute atomic E-state index is 0.0166. The molecule has 0 amide bonds. The average Bonchev–Trinajstić information content (AvgIpc) is 2.51. The lowest BCUT2D eigenvalue weighted by atomic mass is 10.0. The SMILES string of the molecule is COC(=O)c1c(C)c(S(=O)(=O)c2ccc(C)cc2)cc(C)c1O. The van der Waals surface area contributed by atoms with Gasteiger partial charge in [0, 0.05) is 0 Å². The molecule has 0 heterocycles. The van der Waals surface area contributed by atoms with Crippen LogP contribution in [-0.2, 0) is 14.6 Å². The molecule has 0 bridgehead atoms. The van der Waals surface area contributed by atoms with Gasteiger partial charge in [0.1, 0.15) is 11.3 Å². The summed E-state index contributed by atoms with van der Waals surface area (Å²) in [5.74, 6) is -1.04. The molecule has 0 saturated carbocycles. The Bertz CT molecular complexity index is 865. The fourth-order valence-corrected chi connectivity index (χ4v) is 3.93. The summed E-state index contributed by atoms with van der Waals surface area (Å²) in [6.45, 7) is 4.88. The summed E-state index contributed by atoms with van der Waals surface area (Å²) < 4.78 is 30.4. The van der Waals surface area contributed by atoms with E-state index in [-0.39, 0.29) is 26.7 Å². The Morgan fingerprint density at radius 1 is 1.09 bits per heavy atom. The Labute approximate surface area is 135 Å². The van der Waals surface area contributed by atoms with Gasteiger partial charge < -0.3 is 9.84 Å². The van der Waals surface area contributed by atoms with Gasteiger partial charge in [0.25, 0.3) is 0 Å². The Morgan fingerprint density at radius 3 is 2.17 bits per heavy atom. The van der Waals surface area contributed by atoms with E-state index < -0.39 is 15.8 Å². The second-order valence-corrected chi connectivity index (χ2v) is 7.27. The van der Waals surface area contributed by atoms with Gasteiger partial charge in [-0.2, -0.15) is 0 Å². The van der Waals surface area contributed by atoms with E-state index in [4.69, 9.17) is 0 Å². The number of esters is 1. The van der Waals surface area contributed by atoms with Crippen molar-refractivity contribution in [3.8, 4) is 5.75 Å². The highest BCUT2D eigenvalue weighted by Gasteiger charge is 2.27. The summed E-state index contributed by atoms with van der Waals surface area (Å²) in [5, 5.41) is 10.1. The van der Waals surface area contributed by atoms with Crippen molar-refractivity contribution in [3.63, 3.8) is 0 Å². The molecule has 6 heteroatoms. The number of sulfone groups is 1. The molecule has 0 unspecified atom stereocenters. The normalized spacial score (nSPS) is 11.3. The molecule has 122 valence electrons. The molecular formula is C17H18O5S. The number of carbonyl (C=O) groups excluding carboxylic acids is 1. The summed E-state index contributed by atoms with van der Waals surface area (Å²) in [6, 6.07) is 7.81. The highest BCUT2D eigenvalue weighted by Crippen LogP contribution is 2.34. The molecule has 2 rings (SSSR count). The van der Waals surface area contributed by atoms with E-state index in [0.717, 1.165) is 5.56 Å². The highest BCUT2D eigenvalue weighted by atomic mass is 32.2. The van der Waals surface area contributed by atoms with Crippen molar-refractivity contribution in [3.05, 3.63) is 52.6 Å². The van der Waals surface area contributed by atoms with E-state index in [1.807, 2.05) is 6.92 Å². The van der Waals surface area contributed by atoms with Crippen LogP contribution in [0.3, 0.4) is 0 Å². The van der Waals surface area contributed by atoms with Crippen LogP contribution < -0.4 is 0 Å². The van der Waals surface area contributed by atoms with Crippen molar-refractivity contribution in [2.45, 2.75) is 30.6 Å². The molecule has 0 fully saturated rings. The predicted molar refractivity (Wildman–Crippen MR) is 85.6 cm³/mol. The van der Waals surface area contributed by atoms with Gasteiger partial charge in [0.05, 0.1) is 16.9 Å². The van der Waals surface area contributed by atoms with Crippen LogP contribution in [-0.4, -0.2) is 26.6 Å². The first-order chi connectivity index (χ1) is 10.7. The van der Waals surface area contributed by atoms with Crippen molar-refractivity contribution >= 4 is 15.8 Å². The largest absolute Gasteiger partial charge is 0.507 e. The van der Waals surface area contributed by atoms with Gasteiger partial charge in [0.2, 0.25) is 9.84 Å². The Morgan fingerprint density at radius 2 is 1.65 bits per heavy atom. The third kappa shape index (κ3) is 2.94. The van der Waals surface area contributed by atoms with Crippen molar-refractivity contribution in [1.82, 2.24) is 0 Å². The van der Waals surface area contributed by atoms with Gasteiger partial charge in [-0.05, 0) is 50.1 Å². The number of phenolic OH excluding ortho intramolecular Hbond substituents is 1. The standard InChI is InChI=1S/C17H18O5S/c1-10-5-7-13(8-6-10)23(20,21)14-9-11(2)16(18)15(12(14)3)17(19)22-4/h5-9,18H,1-4H3. The molecule has 1 N–H and O–H groups in total. The zero-order chi connectivity index (χ0) is 17.4. The summed E-state index contributed by atoms with van der Waals surface area (Å²) >= 11 is 0. The monoisotopic (exact) mass is 334 g/mol. The van der Waals surface area contributed by atoms with Crippen LogP contribution in [0.25, 0.3) is 0 Å². The third-order valence-electron chi connectivity index (χ3n) is 3.71. The number of aromatic hydroxyl groups is 1. The first-order valence-electron chi connectivity index (χ1n) is 6.93. The van der Waals surface area contributed by atoms with Crippen molar-refractivity contribution in [1.29, 1.82) is 0 Å². The molecule has 0 aliphatic rings. The number of benzene rings is 2. The van der Waals surface area contributed by atoms with Crippen LogP contribution in [0.4, 0.5) is 0 Å². The minimum Gasteiger partial charge on any atom is -0.507 e. The molecule has 2 aromatic carbocycles. The zero-order valence-corrected chi connectivity index (χ0v) is 14.2. The molecule has 0 aliphatic heterocycles. The molecule has 0 aromatic heterocycles. The van der Waals surface area contributed by atoms with Gasteiger partial charge >= 0.3 is 5.97 Å². The summed E-state index contributed by atoms with van der Waals surface area (Å²) in [5.41, 5.74) is 1.28. The number of ether oxygens (including phenoxy) is 1. The summed E-state index contributed by atoms with van der Waals surface area (Å²) in [4.78, 5) is 12.0. The maximum Gasteiger partial charge on any atom is 0.341 e. The van der Waals surface area contributed by atoms with Crippen LogP contribution in [0.1, 0.15) is 27.0 Å². The quantitative estimate of drug-likeness (QED) is 0.873. The molecule has 0 radical (unpaired) electrons. The van der Waals surface area contributed by atoms with E-state index in [2.05, 4.69) is 4.74 Å². The number of methoxy groups -OCH3 is 1. The second kappa shape index (κ2) is 6.04. The first-order valence-corrected chi connectivity index (χ1v) is 8.41. The lowest BCUT2D eigenvalue weighted by Gasteiger charge is -2.15. The average molecular weight is 334 g/mol. The molecule has 5 nitrogen and oxygen atoms in total. The molecular weight excluding hydrogens is 316 g/mol. The van der Waals surface area contributed by atoms with Crippen LogP contribution in [0, 0.1) is 20.8 Å². The third-order valence-corrected chi connectivity index (χ3v) is 5.61. The Hall–Kier alpha value is -2.34. The van der Waals surface area contributed by atoms with Gasteiger partial charge in [-0.15, -0.1) is 0 Å².